The van der Waals surface area contributed by atoms with E-state index < -0.39 is 10.0 Å². The fourth-order valence-corrected chi connectivity index (χ4v) is 5.41. The van der Waals surface area contributed by atoms with Crippen LogP contribution < -0.4 is 0 Å². The predicted octanol–water partition coefficient (Wildman–Crippen LogP) is 3.06. The summed E-state index contributed by atoms with van der Waals surface area (Å²) in [5.74, 6) is 0.274. The average Bonchev–Trinajstić information content (AvgIpc) is 3.10. The summed E-state index contributed by atoms with van der Waals surface area (Å²) in [6.07, 6.45) is 1.65. The van der Waals surface area contributed by atoms with Crippen molar-refractivity contribution in [3.8, 4) is 11.3 Å². The number of piperazine rings is 1. The zero-order chi connectivity index (χ0) is 17.7. The Hall–Kier alpha value is -1.28. The van der Waals surface area contributed by atoms with E-state index in [4.69, 9.17) is 4.98 Å². The SMILES string of the molecule is CCCCS(=O)(=O)N1CCN(Cc2nc(-c3ccccc3)cs2)CC1. The van der Waals surface area contributed by atoms with Crippen LogP contribution in [-0.2, 0) is 16.6 Å². The molecule has 5 nitrogen and oxygen atoms in total. The highest BCUT2D eigenvalue weighted by Gasteiger charge is 2.26. The van der Waals surface area contributed by atoms with Gasteiger partial charge in [-0.2, -0.15) is 4.31 Å². The van der Waals surface area contributed by atoms with E-state index in [1.807, 2.05) is 25.1 Å². The van der Waals surface area contributed by atoms with E-state index in [9.17, 15) is 8.42 Å². The van der Waals surface area contributed by atoms with E-state index in [0.717, 1.165) is 48.7 Å². The predicted molar refractivity (Wildman–Crippen MR) is 103 cm³/mol. The Morgan fingerprint density at radius 1 is 1.12 bits per heavy atom. The number of sulfonamides is 1. The molecule has 0 amide bonds. The van der Waals surface area contributed by atoms with Crippen molar-refractivity contribution >= 4 is 21.4 Å². The van der Waals surface area contributed by atoms with E-state index >= 15 is 0 Å². The topological polar surface area (TPSA) is 53.5 Å². The number of nitrogens with zero attached hydrogens (tertiary/aromatic N) is 3. The number of aromatic nitrogens is 1. The van der Waals surface area contributed by atoms with E-state index in [0.29, 0.717) is 13.1 Å². The first-order valence-corrected chi connectivity index (χ1v) is 11.3. The Morgan fingerprint density at radius 3 is 2.52 bits per heavy atom. The van der Waals surface area contributed by atoms with Crippen LogP contribution in [0.4, 0.5) is 0 Å². The first kappa shape index (κ1) is 18.5. The molecule has 1 aromatic carbocycles. The molecular weight excluding hydrogens is 354 g/mol. The molecular formula is C18H25N3O2S2. The largest absolute Gasteiger partial charge is 0.294 e. The molecule has 136 valence electrons. The fourth-order valence-electron chi connectivity index (χ4n) is 2.94. The van der Waals surface area contributed by atoms with Crippen molar-refractivity contribution in [3.63, 3.8) is 0 Å². The minimum absolute atomic E-state index is 0.274. The molecule has 3 rings (SSSR count). The van der Waals surface area contributed by atoms with Crippen LogP contribution in [0.3, 0.4) is 0 Å². The Balaban J connectivity index is 1.54. The molecule has 0 bridgehead atoms. The lowest BCUT2D eigenvalue weighted by atomic mass is 10.2. The summed E-state index contributed by atoms with van der Waals surface area (Å²) < 4.78 is 26.2. The Labute approximate surface area is 154 Å². The lowest BCUT2D eigenvalue weighted by molar-refractivity contribution is 0.181. The van der Waals surface area contributed by atoms with Crippen molar-refractivity contribution in [2.75, 3.05) is 31.9 Å². The smallest absolute Gasteiger partial charge is 0.214 e. The summed E-state index contributed by atoms with van der Waals surface area (Å²) in [5.41, 5.74) is 2.15. The normalized spacial score (nSPS) is 17.0. The highest BCUT2D eigenvalue weighted by molar-refractivity contribution is 7.89. The molecule has 0 aliphatic carbocycles. The number of rotatable bonds is 7. The van der Waals surface area contributed by atoms with Crippen LogP contribution in [0.25, 0.3) is 11.3 Å². The minimum Gasteiger partial charge on any atom is -0.294 e. The third-order valence-electron chi connectivity index (χ3n) is 4.46. The van der Waals surface area contributed by atoms with Crippen molar-refractivity contribution < 1.29 is 8.42 Å². The van der Waals surface area contributed by atoms with Gasteiger partial charge in [0.15, 0.2) is 0 Å². The van der Waals surface area contributed by atoms with Gasteiger partial charge >= 0.3 is 0 Å². The van der Waals surface area contributed by atoms with Gasteiger partial charge in [-0.1, -0.05) is 43.7 Å². The second kappa shape index (κ2) is 8.40. The number of unbranched alkanes of at least 4 members (excludes halogenated alkanes) is 1. The molecule has 0 atom stereocenters. The highest BCUT2D eigenvalue weighted by Crippen LogP contribution is 2.23. The molecule has 1 aromatic heterocycles. The van der Waals surface area contributed by atoms with Crippen molar-refractivity contribution in [1.82, 2.24) is 14.2 Å². The Morgan fingerprint density at radius 2 is 1.84 bits per heavy atom. The van der Waals surface area contributed by atoms with Gasteiger partial charge in [0.25, 0.3) is 0 Å². The summed E-state index contributed by atoms with van der Waals surface area (Å²) in [6.45, 7) is 5.52. The third kappa shape index (κ3) is 4.88. The fraction of sp³-hybridized carbons (Fsp3) is 0.500. The zero-order valence-corrected chi connectivity index (χ0v) is 16.2. The van der Waals surface area contributed by atoms with Crippen molar-refractivity contribution in [1.29, 1.82) is 0 Å². The van der Waals surface area contributed by atoms with Gasteiger partial charge in [-0.25, -0.2) is 13.4 Å². The van der Waals surface area contributed by atoms with Crippen LogP contribution in [-0.4, -0.2) is 54.5 Å². The molecule has 1 aliphatic heterocycles. The van der Waals surface area contributed by atoms with E-state index in [1.54, 1.807) is 15.6 Å². The number of benzene rings is 1. The van der Waals surface area contributed by atoms with Gasteiger partial charge in [0.05, 0.1) is 18.0 Å². The van der Waals surface area contributed by atoms with Crippen LogP contribution in [0, 0.1) is 0 Å². The van der Waals surface area contributed by atoms with Crippen LogP contribution in [0.1, 0.15) is 24.8 Å². The average molecular weight is 380 g/mol. The standard InChI is InChI=1S/C18H25N3O2S2/c1-2-3-13-25(22,23)21-11-9-20(10-12-21)14-18-19-17(15-24-18)16-7-5-4-6-8-16/h4-8,15H,2-3,9-14H2,1H3. The molecule has 25 heavy (non-hydrogen) atoms. The van der Waals surface area contributed by atoms with E-state index in [2.05, 4.69) is 22.4 Å². The van der Waals surface area contributed by atoms with Crippen molar-refractivity contribution in [2.45, 2.75) is 26.3 Å². The van der Waals surface area contributed by atoms with Crippen LogP contribution >= 0.6 is 11.3 Å². The maximum atomic E-state index is 12.3. The molecule has 2 heterocycles. The summed E-state index contributed by atoms with van der Waals surface area (Å²) in [4.78, 5) is 7.02. The van der Waals surface area contributed by atoms with Crippen LogP contribution in [0.2, 0.25) is 0 Å². The molecule has 1 fully saturated rings. The molecule has 2 aromatic rings. The monoisotopic (exact) mass is 379 g/mol. The summed E-state index contributed by atoms with van der Waals surface area (Å²) in [7, 11) is -3.08. The van der Waals surface area contributed by atoms with Gasteiger partial charge in [0, 0.05) is 37.1 Å². The molecule has 0 radical (unpaired) electrons. The molecule has 0 saturated carbocycles. The molecule has 0 spiro atoms. The quantitative estimate of drug-likeness (QED) is 0.742. The number of thiazole rings is 1. The zero-order valence-electron chi connectivity index (χ0n) is 14.6. The first-order valence-electron chi connectivity index (χ1n) is 8.78. The van der Waals surface area contributed by atoms with Gasteiger partial charge in [0.2, 0.25) is 10.0 Å². The third-order valence-corrected chi connectivity index (χ3v) is 7.25. The van der Waals surface area contributed by atoms with Gasteiger partial charge in [-0.15, -0.1) is 11.3 Å². The van der Waals surface area contributed by atoms with E-state index in [-0.39, 0.29) is 5.75 Å². The summed E-state index contributed by atoms with van der Waals surface area (Å²) >= 11 is 1.67. The summed E-state index contributed by atoms with van der Waals surface area (Å²) in [5, 5.41) is 3.18. The van der Waals surface area contributed by atoms with Crippen LogP contribution in [0.15, 0.2) is 35.7 Å². The summed E-state index contributed by atoms with van der Waals surface area (Å²) in [6, 6.07) is 10.2. The van der Waals surface area contributed by atoms with Crippen molar-refractivity contribution in [3.05, 3.63) is 40.7 Å². The minimum atomic E-state index is -3.08. The Bertz CT molecular complexity index is 767. The van der Waals surface area contributed by atoms with E-state index in [1.165, 1.54) is 0 Å². The first-order chi connectivity index (χ1) is 12.1. The second-order valence-electron chi connectivity index (χ2n) is 6.34. The molecule has 0 unspecified atom stereocenters. The lowest BCUT2D eigenvalue weighted by Crippen LogP contribution is -2.48. The number of hydrogen-bond donors (Lipinski definition) is 0. The molecule has 7 heteroatoms. The molecule has 1 aliphatic rings. The lowest BCUT2D eigenvalue weighted by Gasteiger charge is -2.33. The number of hydrogen-bond acceptors (Lipinski definition) is 5. The maximum absolute atomic E-state index is 12.3. The Kier molecular flexibility index (Phi) is 6.22. The van der Waals surface area contributed by atoms with Gasteiger partial charge in [-0.3, -0.25) is 4.90 Å². The van der Waals surface area contributed by atoms with Gasteiger partial charge < -0.3 is 0 Å². The molecule has 0 N–H and O–H groups in total. The van der Waals surface area contributed by atoms with Gasteiger partial charge in [0.1, 0.15) is 5.01 Å². The maximum Gasteiger partial charge on any atom is 0.214 e. The van der Waals surface area contributed by atoms with Gasteiger partial charge in [-0.05, 0) is 6.42 Å². The highest BCUT2D eigenvalue weighted by atomic mass is 32.2. The van der Waals surface area contributed by atoms with Crippen molar-refractivity contribution in [2.24, 2.45) is 0 Å². The molecule has 1 saturated heterocycles. The van der Waals surface area contributed by atoms with Crippen LogP contribution in [0.5, 0.6) is 0 Å². The second-order valence-corrected chi connectivity index (χ2v) is 9.37.